The van der Waals surface area contributed by atoms with Gasteiger partial charge in [-0.05, 0) is 29.4 Å². The van der Waals surface area contributed by atoms with E-state index in [0.717, 1.165) is 17.8 Å². The van der Waals surface area contributed by atoms with Gasteiger partial charge in [-0.3, -0.25) is 20.0 Å². The Kier molecular flexibility index (Phi) is 3.58. The van der Waals surface area contributed by atoms with Gasteiger partial charge in [-0.15, -0.1) is 0 Å². The molecule has 2 rings (SSSR count). The SMILES string of the molecule is O=C(Cl)c1cc([N+](=O)[O-])ccc1Sc1ncn[nH]1. The maximum Gasteiger partial charge on any atom is 0.270 e. The lowest BCUT2D eigenvalue weighted by Crippen LogP contribution is -1.96. The average molecular weight is 285 g/mol. The Bertz CT molecular complexity index is 602. The Morgan fingerprint density at radius 1 is 1.50 bits per heavy atom. The van der Waals surface area contributed by atoms with Crippen LogP contribution in [0.2, 0.25) is 0 Å². The fourth-order valence-electron chi connectivity index (χ4n) is 1.22. The molecule has 92 valence electrons. The number of H-pyrrole nitrogens is 1. The van der Waals surface area contributed by atoms with Crippen LogP contribution in [0.5, 0.6) is 0 Å². The summed E-state index contributed by atoms with van der Waals surface area (Å²) in [6.07, 6.45) is 1.32. The van der Waals surface area contributed by atoms with Crippen LogP contribution in [0.1, 0.15) is 10.4 Å². The molecule has 0 amide bonds. The lowest BCUT2D eigenvalue weighted by molar-refractivity contribution is -0.384. The first kappa shape index (κ1) is 12.5. The molecule has 0 aliphatic heterocycles. The number of carbonyl (C=O) groups excluding carboxylic acids is 1. The van der Waals surface area contributed by atoms with Crippen LogP contribution in [0.15, 0.2) is 34.6 Å². The number of rotatable bonds is 4. The van der Waals surface area contributed by atoms with Crippen LogP contribution in [0, 0.1) is 10.1 Å². The first-order chi connectivity index (χ1) is 8.58. The summed E-state index contributed by atoms with van der Waals surface area (Å²) >= 11 is 6.52. The van der Waals surface area contributed by atoms with Crippen molar-refractivity contribution in [3.63, 3.8) is 0 Å². The van der Waals surface area contributed by atoms with Gasteiger partial charge >= 0.3 is 0 Å². The maximum atomic E-state index is 11.3. The zero-order valence-electron chi connectivity index (χ0n) is 8.66. The van der Waals surface area contributed by atoms with Gasteiger partial charge in [0.15, 0.2) is 5.16 Å². The van der Waals surface area contributed by atoms with Crippen molar-refractivity contribution in [2.45, 2.75) is 10.1 Å². The van der Waals surface area contributed by atoms with Gasteiger partial charge in [0.2, 0.25) is 0 Å². The summed E-state index contributed by atoms with van der Waals surface area (Å²) in [5.74, 6) is 0. The third-order valence-corrected chi connectivity index (χ3v) is 3.15. The standard InChI is InChI=1S/C9H5ClN4O3S/c10-8(15)6-3-5(14(16)17)1-2-7(6)18-9-11-4-12-13-9/h1-4H,(H,11,12,13). The van der Waals surface area contributed by atoms with E-state index in [1.54, 1.807) is 0 Å². The van der Waals surface area contributed by atoms with Gasteiger partial charge in [0.1, 0.15) is 6.33 Å². The molecule has 18 heavy (non-hydrogen) atoms. The van der Waals surface area contributed by atoms with E-state index < -0.39 is 10.2 Å². The maximum absolute atomic E-state index is 11.3. The molecular formula is C9H5ClN4O3S. The van der Waals surface area contributed by atoms with Crippen molar-refractivity contribution in [3.05, 3.63) is 40.2 Å². The van der Waals surface area contributed by atoms with E-state index >= 15 is 0 Å². The first-order valence-corrected chi connectivity index (χ1v) is 5.79. The highest BCUT2D eigenvalue weighted by molar-refractivity contribution is 7.99. The summed E-state index contributed by atoms with van der Waals surface area (Å²) in [6.45, 7) is 0. The minimum Gasteiger partial charge on any atom is -0.276 e. The van der Waals surface area contributed by atoms with Crippen molar-refractivity contribution in [2.24, 2.45) is 0 Å². The number of aromatic amines is 1. The minimum absolute atomic E-state index is 0.0623. The zero-order chi connectivity index (χ0) is 13.1. The Labute approximate surface area is 110 Å². The number of halogens is 1. The van der Waals surface area contributed by atoms with Crippen LogP contribution in [0.4, 0.5) is 5.69 Å². The molecule has 0 radical (unpaired) electrons. The van der Waals surface area contributed by atoms with Gasteiger partial charge < -0.3 is 0 Å². The van der Waals surface area contributed by atoms with E-state index in [4.69, 9.17) is 11.6 Å². The third kappa shape index (κ3) is 2.66. The van der Waals surface area contributed by atoms with Crippen molar-refractivity contribution in [1.29, 1.82) is 0 Å². The number of nitro benzene ring substituents is 1. The zero-order valence-corrected chi connectivity index (χ0v) is 10.2. The molecule has 9 heteroatoms. The Balaban J connectivity index is 2.40. The van der Waals surface area contributed by atoms with Gasteiger partial charge in [0, 0.05) is 17.0 Å². The minimum atomic E-state index is -0.763. The van der Waals surface area contributed by atoms with Gasteiger partial charge in [-0.2, -0.15) is 5.10 Å². The molecule has 1 aromatic carbocycles. The van der Waals surface area contributed by atoms with Gasteiger partial charge in [-0.1, -0.05) is 0 Å². The van der Waals surface area contributed by atoms with E-state index in [2.05, 4.69) is 15.2 Å². The third-order valence-electron chi connectivity index (χ3n) is 1.99. The molecule has 0 saturated heterocycles. The molecule has 0 aliphatic carbocycles. The van der Waals surface area contributed by atoms with E-state index in [1.165, 1.54) is 18.5 Å². The van der Waals surface area contributed by atoms with Crippen molar-refractivity contribution in [2.75, 3.05) is 0 Å². The quantitative estimate of drug-likeness (QED) is 0.525. The number of nitrogens with one attached hydrogen (secondary N) is 1. The Morgan fingerprint density at radius 2 is 2.28 bits per heavy atom. The van der Waals surface area contributed by atoms with Crippen LogP contribution in [-0.4, -0.2) is 25.3 Å². The summed E-state index contributed by atoms with van der Waals surface area (Å²) < 4.78 is 0. The van der Waals surface area contributed by atoms with E-state index in [1.807, 2.05) is 0 Å². The molecule has 0 bridgehead atoms. The molecule has 2 aromatic rings. The molecular weight excluding hydrogens is 280 g/mol. The highest BCUT2D eigenvalue weighted by Gasteiger charge is 2.16. The number of hydrogen-bond donors (Lipinski definition) is 1. The number of carbonyl (C=O) groups is 1. The van der Waals surface area contributed by atoms with Crippen LogP contribution in [-0.2, 0) is 0 Å². The smallest absolute Gasteiger partial charge is 0.270 e. The predicted octanol–water partition coefficient (Wildman–Crippen LogP) is 2.24. The van der Waals surface area contributed by atoms with Crippen molar-refractivity contribution >= 4 is 34.3 Å². The van der Waals surface area contributed by atoms with E-state index in [9.17, 15) is 14.9 Å². The van der Waals surface area contributed by atoms with E-state index in [0.29, 0.717) is 10.1 Å². The summed E-state index contributed by atoms with van der Waals surface area (Å²) in [7, 11) is 0. The number of nitro groups is 1. The van der Waals surface area contributed by atoms with E-state index in [-0.39, 0.29) is 11.3 Å². The molecule has 1 heterocycles. The lowest BCUT2D eigenvalue weighted by atomic mass is 10.2. The second-order valence-corrected chi connectivity index (χ2v) is 4.48. The number of hydrogen-bond acceptors (Lipinski definition) is 6. The second-order valence-electron chi connectivity index (χ2n) is 3.10. The summed E-state index contributed by atoms with van der Waals surface area (Å²) in [5, 5.41) is 16.6. The van der Waals surface area contributed by atoms with Gasteiger partial charge in [0.05, 0.1) is 10.5 Å². The summed E-state index contributed by atoms with van der Waals surface area (Å²) in [4.78, 5) is 25.6. The predicted molar refractivity (Wildman–Crippen MR) is 63.8 cm³/mol. The van der Waals surface area contributed by atoms with Crippen LogP contribution >= 0.6 is 23.4 Å². The molecule has 0 atom stereocenters. The van der Waals surface area contributed by atoms with Gasteiger partial charge in [-0.25, -0.2) is 4.98 Å². The molecule has 0 unspecified atom stereocenters. The van der Waals surface area contributed by atoms with Crippen LogP contribution in [0.3, 0.4) is 0 Å². The summed E-state index contributed by atoms with van der Waals surface area (Å²) in [6, 6.07) is 3.87. The molecule has 0 spiro atoms. The molecule has 1 N–H and O–H groups in total. The number of benzene rings is 1. The van der Waals surface area contributed by atoms with Crippen molar-refractivity contribution in [1.82, 2.24) is 15.2 Å². The highest BCUT2D eigenvalue weighted by atomic mass is 35.5. The van der Waals surface area contributed by atoms with Crippen molar-refractivity contribution < 1.29 is 9.72 Å². The fourth-order valence-corrected chi connectivity index (χ4v) is 2.24. The van der Waals surface area contributed by atoms with Crippen LogP contribution < -0.4 is 0 Å². The Hall–Kier alpha value is -1.93. The average Bonchev–Trinajstić information content (AvgIpc) is 2.81. The number of aromatic nitrogens is 3. The molecule has 0 aliphatic rings. The van der Waals surface area contributed by atoms with Crippen LogP contribution in [0.25, 0.3) is 0 Å². The Morgan fingerprint density at radius 3 is 2.83 bits per heavy atom. The topological polar surface area (TPSA) is 102 Å². The first-order valence-electron chi connectivity index (χ1n) is 4.59. The molecule has 0 saturated carbocycles. The molecule has 1 aromatic heterocycles. The molecule has 0 fully saturated rings. The number of nitrogens with zero attached hydrogens (tertiary/aromatic N) is 3. The lowest BCUT2D eigenvalue weighted by Gasteiger charge is -2.03. The molecule has 7 nitrogen and oxygen atoms in total. The number of non-ortho nitro benzene ring substituents is 1. The van der Waals surface area contributed by atoms with Gasteiger partial charge in [0.25, 0.3) is 10.9 Å². The van der Waals surface area contributed by atoms with Crippen molar-refractivity contribution in [3.8, 4) is 0 Å². The monoisotopic (exact) mass is 284 g/mol. The fraction of sp³-hybridized carbons (Fsp3) is 0. The second kappa shape index (κ2) is 5.15. The largest absolute Gasteiger partial charge is 0.276 e. The normalized spacial score (nSPS) is 10.3. The summed E-state index contributed by atoms with van der Waals surface area (Å²) in [5.41, 5.74) is -0.131. The highest BCUT2D eigenvalue weighted by Crippen LogP contribution is 2.31.